The molecule has 0 aliphatic rings. The summed E-state index contributed by atoms with van der Waals surface area (Å²) in [7, 11) is -1.52. The minimum absolute atomic E-state index is 0.0645. The first-order chi connectivity index (χ1) is 7.96. The van der Waals surface area contributed by atoms with Crippen LogP contribution in [0.2, 0.25) is 24.7 Å². The lowest BCUT2D eigenvalue weighted by Crippen LogP contribution is -2.38. The van der Waals surface area contributed by atoms with E-state index in [9.17, 15) is 4.79 Å². The monoisotopic (exact) mass is 288 g/mol. The van der Waals surface area contributed by atoms with Crippen molar-refractivity contribution in [1.82, 2.24) is 0 Å². The molecule has 0 aliphatic carbocycles. The van der Waals surface area contributed by atoms with Crippen molar-refractivity contribution in [3.05, 3.63) is 0 Å². The van der Waals surface area contributed by atoms with E-state index < -0.39 is 8.32 Å². The summed E-state index contributed by atoms with van der Waals surface area (Å²) in [6.45, 7) is 16.4. The van der Waals surface area contributed by atoms with Gasteiger partial charge in [0, 0.05) is 5.60 Å². The first-order valence-corrected chi connectivity index (χ1v) is 10.7. The predicted octanol–water partition coefficient (Wildman–Crippen LogP) is 3.63. The van der Waals surface area contributed by atoms with Crippen LogP contribution in [0.1, 0.15) is 41.5 Å². The minimum Gasteiger partial charge on any atom is -0.519 e. The quantitative estimate of drug-likeness (QED) is 0.700. The summed E-state index contributed by atoms with van der Waals surface area (Å²) in [6.07, 6.45) is 0. The maximum absolute atomic E-state index is 12.0. The molecule has 0 rings (SSSR count). The molecule has 0 aliphatic heterocycles. The summed E-state index contributed by atoms with van der Waals surface area (Å²) in [6, 6.07) is 0.749. The van der Waals surface area contributed by atoms with Crippen LogP contribution in [0.4, 0.5) is 0 Å². The number of carbonyl (C=O) groups is 1. The van der Waals surface area contributed by atoms with Gasteiger partial charge in [0.2, 0.25) is 9.76 Å². The van der Waals surface area contributed by atoms with Crippen molar-refractivity contribution in [2.75, 3.05) is 0 Å². The molecule has 2 radical (unpaired) electrons. The zero-order valence-corrected chi connectivity index (χ0v) is 15.1. The molecule has 0 fully saturated rings. The van der Waals surface area contributed by atoms with E-state index in [1.54, 1.807) is 0 Å². The Kier molecular flexibility index (Phi) is 6.81. The molecule has 0 heterocycles. The highest BCUT2D eigenvalue weighted by Gasteiger charge is 2.32. The summed E-state index contributed by atoms with van der Waals surface area (Å²) < 4.78 is 11.4. The second kappa shape index (κ2) is 6.86. The third-order valence-corrected chi connectivity index (χ3v) is 7.97. The molecule has 1 unspecified atom stereocenters. The first-order valence-electron chi connectivity index (χ1n) is 6.59. The third kappa shape index (κ3) is 7.33. The molecule has 0 amide bonds. The van der Waals surface area contributed by atoms with Crippen LogP contribution in [0, 0.1) is 5.92 Å². The van der Waals surface area contributed by atoms with Crippen molar-refractivity contribution in [1.29, 1.82) is 0 Å². The molecule has 5 heteroatoms. The van der Waals surface area contributed by atoms with E-state index in [1.165, 1.54) is 0 Å². The summed E-state index contributed by atoms with van der Waals surface area (Å²) in [5.41, 5.74) is 0.315. The lowest BCUT2D eigenvalue weighted by atomic mass is 10.2. The molecule has 0 N–H and O–H groups in total. The van der Waals surface area contributed by atoms with E-state index in [-0.39, 0.29) is 17.5 Å². The van der Waals surface area contributed by atoms with Gasteiger partial charge in [0.25, 0.3) is 14.3 Å². The highest BCUT2D eigenvalue weighted by molar-refractivity contribution is 6.73. The molecule has 0 bridgehead atoms. The fourth-order valence-electron chi connectivity index (χ4n) is 0.944. The molecule has 0 spiro atoms. The van der Waals surface area contributed by atoms with E-state index in [0.29, 0.717) is 15.3 Å². The number of rotatable bonds is 6. The number of carbonyl (C=O) groups excluding carboxylic acids is 1. The van der Waals surface area contributed by atoms with Crippen LogP contribution in [0.15, 0.2) is 0 Å². The molecule has 0 aromatic rings. The van der Waals surface area contributed by atoms with Crippen molar-refractivity contribution in [3.8, 4) is 0 Å². The van der Waals surface area contributed by atoms with Crippen molar-refractivity contribution < 1.29 is 13.6 Å². The van der Waals surface area contributed by atoms with Gasteiger partial charge in [-0.05, 0) is 45.5 Å². The molecule has 106 valence electrons. The van der Waals surface area contributed by atoms with Gasteiger partial charge in [-0.2, -0.15) is 0 Å². The second-order valence-corrected chi connectivity index (χ2v) is 12.1. The average Bonchev–Trinajstić information content (AvgIpc) is 2.14. The van der Waals surface area contributed by atoms with Crippen LogP contribution < -0.4 is 0 Å². The lowest BCUT2D eigenvalue weighted by molar-refractivity contribution is -0.138. The van der Waals surface area contributed by atoms with Crippen LogP contribution in [-0.2, 0) is 13.6 Å². The van der Waals surface area contributed by atoms with E-state index in [2.05, 4.69) is 26.9 Å². The molecular weight excluding hydrogens is 260 g/mol. The van der Waals surface area contributed by atoms with Gasteiger partial charge in [-0.15, -0.1) is 0 Å². The minimum atomic E-state index is -1.87. The molecule has 0 saturated heterocycles. The molecule has 3 nitrogen and oxygen atoms in total. The molecule has 0 aromatic carbocycles. The Balaban J connectivity index is 4.12. The SMILES string of the molecule is CC(C[Si]OC(C)(C)C)C(=O)O[Si](C)(C)C(C)C. The lowest BCUT2D eigenvalue weighted by Gasteiger charge is -2.28. The Bertz CT molecular complexity index is 270. The van der Waals surface area contributed by atoms with Gasteiger partial charge in [-0.3, -0.25) is 4.79 Å². The summed E-state index contributed by atoms with van der Waals surface area (Å²) >= 11 is 0. The normalized spacial score (nSPS) is 14.7. The maximum atomic E-state index is 12.0. The Morgan fingerprint density at radius 3 is 2.11 bits per heavy atom. The van der Waals surface area contributed by atoms with Crippen LogP contribution in [0.25, 0.3) is 0 Å². The van der Waals surface area contributed by atoms with E-state index in [1.807, 2.05) is 27.7 Å². The van der Waals surface area contributed by atoms with Gasteiger partial charge in [0.05, 0.1) is 5.92 Å². The highest BCUT2D eigenvalue weighted by Crippen LogP contribution is 2.23. The van der Waals surface area contributed by atoms with Crippen LogP contribution in [-0.4, -0.2) is 29.7 Å². The van der Waals surface area contributed by atoms with Gasteiger partial charge in [-0.25, -0.2) is 0 Å². The van der Waals surface area contributed by atoms with Crippen molar-refractivity contribution in [2.45, 2.75) is 71.8 Å². The van der Waals surface area contributed by atoms with E-state index in [0.717, 1.165) is 6.04 Å². The van der Waals surface area contributed by atoms with Gasteiger partial charge in [-0.1, -0.05) is 20.8 Å². The van der Waals surface area contributed by atoms with Crippen molar-refractivity contribution >= 4 is 24.0 Å². The summed E-state index contributed by atoms with van der Waals surface area (Å²) in [4.78, 5) is 12.0. The van der Waals surface area contributed by atoms with Crippen LogP contribution in [0.5, 0.6) is 0 Å². The number of hydrogen-bond acceptors (Lipinski definition) is 3. The predicted molar refractivity (Wildman–Crippen MR) is 79.2 cm³/mol. The van der Waals surface area contributed by atoms with E-state index >= 15 is 0 Å². The Labute approximate surface area is 116 Å². The smallest absolute Gasteiger partial charge is 0.295 e. The van der Waals surface area contributed by atoms with Crippen LogP contribution >= 0.6 is 0 Å². The molecule has 1 atom stereocenters. The molecule has 0 saturated carbocycles. The zero-order valence-electron chi connectivity index (χ0n) is 13.1. The topological polar surface area (TPSA) is 35.5 Å². The maximum Gasteiger partial charge on any atom is 0.295 e. The van der Waals surface area contributed by atoms with Gasteiger partial charge in [0.15, 0.2) is 0 Å². The highest BCUT2D eigenvalue weighted by atomic mass is 28.4. The van der Waals surface area contributed by atoms with Crippen LogP contribution in [0.3, 0.4) is 0 Å². The van der Waals surface area contributed by atoms with E-state index in [4.69, 9.17) is 8.85 Å². The Morgan fingerprint density at radius 1 is 1.22 bits per heavy atom. The molecule has 0 aromatic heterocycles. The Morgan fingerprint density at radius 2 is 1.72 bits per heavy atom. The van der Waals surface area contributed by atoms with Gasteiger partial charge < -0.3 is 8.85 Å². The fourth-order valence-corrected chi connectivity index (χ4v) is 2.83. The largest absolute Gasteiger partial charge is 0.519 e. The summed E-state index contributed by atoms with van der Waals surface area (Å²) in [5.74, 6) is -0.137. The van der Waals surface area contributed by atoms with Crippen molar-refractivity contribution in [3.63, 3.8) is 0 Å². The molecule has 18 heavy (non-hydrogen) atoms. The second-order valence-electron chi connectivity index (χ2n) is 6.64. The zero-order chi connectivity index (χ0) is 14.6. The summed E-state index contributed by atoms with van der Waals surface area (Å²) in [5, 5.41) is 0. The number of hydrogen-bond donors (Lipinski definition) is 0. The van der Waals surface area contributed by atoms with Crippen molar-refractivity contribution in [2.24, 2.45) is 5.92 Å². The molecular formula is C13H28O3Si2. The standard InChI is InChI=1S/C13H28O3Si2/c1-10(2)18(7,8)15-12(14)11(3)9-17-16-13(4,5)6/h10-11H,9H2,1-8H3. The Hall–Kier alpha value is -0.136. The third-order valence-electron chi connectivity index (χ3n) is 2.92. The van der Waals surface area contributed by atoms with Gasteiger partial charge in [0.1, 0.15) is 0 Å². The average molecular weight is 289 g/mol. The fraction of sp³-hybridized carbons (Fsp3) is 0.923. The van der Waals surface area contributed by atoms with Gasteiger partial charge >= 0.3 is 0 Å². The first kappa shape index (κ1) is 17.9.